The van der Waals surface area contributed by atoms with Gasteiger partial charge in [-0.25, -0.2) is 4.79 Å². The van der Waals surface area contributed by atoms with Crippen LogP contribution in [0.3, 0.4) is 0 Å². The molecule has 2 aromatic rings. The maximum Gasteiger partial charge on any atom is 0.326 e. The normalized spacial score (nSPS) is 12.2. The van der Waals surface area contributed by atoms with Gasteiger partial charge < -0.3 is 21.1 Å². The molecule has 0 saturated carbocycles. The molecule has 1 aromatic heterocycles. The van der Waals surface area contributed by atoms with Crippen LogP contribution in [0, 0.1) is 0 Å². The number of aliphatic carboxylic acids is 1. The van der Waals surface area contributed by atoms with E-state index < -0.39 is 12.0 Å². The zero-order valence-electron chi connectivity index (χ0n) is 11.9. The van der Waals surface area contributed by atoms with E-state index in [4.69, 9.17) is 5.73 Å². The van der Waals surface area contributed by atoms with E-state index in [0.717, 1.165) is 22.9 Å². The van der Waals surface area contributed by atoms with E-state index in [-0.39, 0.29) is 0 Å². The van der Waals surface area contributed by atoms with Crippen LogP contribution in [-0.2, 0) is 11.2 Å². The summed E-state index contributed by atoms with van der Waals surface area (Å²) in [5.41, 5.74) is 8.16. The Balaban J connectivity index is 2.09. The van der Waals surface area contributed by atoms with E-state index in [0.29, 0.717) is 25.1 Å². The van der Waals surface area contributed by atoms with Gasteiger partial charge in [-0.05, 0) is 31.0 Å². The van der Waals surface area contributed by atoms with Crippen LogP contribution >= 0.6 is 0 Å². The number of carboxylic acids is 1. The molecule has 0 saturated heterocycles. The number of nitrogens with two attached hydrogens (primary N) is 1. The van der Waals surface area contributed by atoms with Crippen molar-refractivity contribution in [2.24, 2.45) is 5.73 Å². The van der Waals surface area contributed by atoms with Crippen LogP contribution in [0.2, 0.25) is 0 Å². The summed E-state index contributed by atoms with van der Waals surface area (Å²) in [6.45, 7) is 4.44. The van der Waals surface area contributed by atoms with Crippen LogP contribution in [0.25, 0.3) is 10.9 Å². The Bertz CT molecular complexity index is 633. The van der Waals surface area contributed by atoms with Crippen LogP contribution in [-0.4, -0.2) is 28.6 Å². The first kappa shape index (κ1) is 15.1. The van der Waals surface area contributed by atoms with E-state index in [9.17, 15) is 9.90 Å². The fourth-order valence-corrected chi connectivity index (χ4v) is 2.35. The first-order valence-corrected chi connectivity index (χ1v) is 7.04. The highest BCUT2D eigenvalue weighted by Gasteiger charge is 2.19. The third-order valence-corrected chi connectivity index (χ3v) is 3.46. The third kappa shape index (κ3) is 3.86. The number of aromatic amines is 1. The van der Waals surface area contributed by atoms with Gasteiger partial charge in [-0.2, -0.15) is 0 Å². The highest BCUT2D eigenvalue weighted by atomic mass is 16.4. The zero-order chi connectivity index (χ0) is 15.2. The fraction of sp³-hybridized carbons (Fsp3) is 0.312. The molecule has 0 spiro atoms. The van der Waals surface area contributed by atoms with Crippen molar-refractivity contribution in [3.63, 3.8) is 0 Å². The van der Waals surface area contributed by atoms with Crippen LogP contribution in [0.5, 0.6) is 0 Å². The molecule has 0 radical (unpaired) electrons. The molecule has 0 bridgehead atoms. The van der Waals surface area contributed by atoms with E-state index in [1.807, 2.05) is 30.5 Å². The van der Waals surface area contributed by atoms with Gasteiger partial charge in [0.2, 0.25) is 0 Å². The van der Waals surface area contributed by atoms with Gasteiger partial charge in [-0.1, -0.05) is 24.8 Å². The van der Waals surface area contributed by atoms with Crippen LogP contribution in [0.1, 0.15) is 18.4 Å². The van der Waals surface area contributed by atoms with Gasteiger partial charge in [-0.15, -0.1) is 0 Å². The Labute approximate surface area is 123 Å². The van der Waals surface area contributed by atoms with Crippen molar-refractivity contribution in [1.29, 1.82) is 0 Å². The van der Waals surface area contributed by atoms with Gasteiger partial charge in [0.25, 0.3) is 0 Å². The molecule has 5 N–H and O–H groups in total. The lowest BCUT2D eigenvalue weighted by molar-refractivity contribution is -0.139. The molecule has 0 aliphatic carbocycles. The van der Waals surface area contributed by atoms with Crippen molar-refractivity contribution in [3.8, 4) is 0 Å². The predicted molar refractivity (Wildman–Crippen MR) is 84.0 cm³/mol. The number of benzene rings is 1. The highest BCUT2D eigenvalue weighted by Crippen LogP contribution is 2.19. The number of fused-ring (bicyclic) bond motifs is 1. The summed E-state index contributed by atoms with van der Waals surface area (Å²) in [7, 11) is 0. The molecule has 1 atom stereocenters. The predicted octanol–water partition coefficient (Wildman–Crippen LogP) is 2.01. The Morgan fingerprint density at radius 1 is 1.43 bits per heavy atom. The minimum absolute atomic E-state index is 0.404. The third-order valence-electron chi connectivity index (χ3n) is 3.46. The Hall–Kier alpha value is -2.27. The van der Waals surface area contributed by atoms with Crippen molar-refractivity contribution in [3.05, 3.63) is 48.3 Å². The molecule has 1 unspecified atom stereocenters. The summed E-state index contributed by atoms with van der Waals surface area (Å²) in [5.74, 6) is -0.880. The lowest BCUT2D eigenvalue weighted by atomic mass is 10.0. The molecule has 0 fully saturated rings. The summed E-state index contributed by atoms with van der Waals surface area (Å²) < 4.78 is 0. The van der Waals surface area contributed by atoms with Crippen molar-refractivity contribution < 1.29 is 9.90 Å². The van der Waals surface area contributed by atoms with Gasteiger partial charge in [0.1, 0.15) is 6.04 Å². The monoisotopic (exact) mass is 287 g/mol. The largest absolute Gasteiger partial charge is 0.480 e. The molecule has 0 aliphatic rings. The SMILES string of the molecule is C=C(CCCN)NC(Cc1c[nH]c2ccccc12)C(=O)O. The number of para-hydroxylation sites is 1. The Morgan fingerprint density at radius 3 is 2.90 bits per heavy atom. The van der Waals surface area contributed by atoms with Gasteiger partial charge >= 0.3 is 5.97 Å². The summed E-state index contributed by atoms with van der Waals surface area (Å²) in [6, 6.07) is 7.17. The summed E-state index contributed by atoms with van der Waals surface area (Å²) >= 11 is 0. The zero-order valence-corrected chi connectivity index (χ0v) is 11.9. The average Bonchev–Trinajstić information content (AvgIpc) is 2.87. The van der Waals surface area contributed by atoms with Crippen molar-refractivity contribution in [1.82, 2.24) is 10.3 Å². The standard InChI is InChI=1S/C16H21N3O2/c1-11(5-4-8-17)19-15(16(20)21)9-12-10-18-14-7-3-2-6-13(12)14/h2-3,6-7,10,15,18-19H,1,4-5,8-9,17H2,(H,20,21). The van der Waals surface area contributed by atoms with Crippen molar-refractivity contribution in [2.75, 3.05) is 6.54 Å². The van der Waals surface area contributed by atoms with Gasteiger partial charge in [0, 0.05) is 29.2 Å². The van der Waals surface area contributed by atoms with E-state index >= 15 is 0 Å². The van der Waals surface area contributed by atoms with Crippen molar-refractivity contribution >= 4 is 16.9 Å². The number of rotatable bonds is 8. The van der Waals surface area contributed by atoms with E-state index in [2.05, 4.69) is 16.9 Å². The molecule has 21 heavy (non-hydrogen) atoms. The van der Waals surface area contributed by atoms with Gasteiger partial charge in [0.05, 0.1) is 0 Å². The molecule has 0 amide bonds. The molecule has 5 heteroatoms. The number of hydrogen-bond donors (Lipinski definition) is 4. The number of carboxylic acid groups (broad SMARTS) is 1. The second-order valence-corrected chi connectivity index (χ2v) is 5.09. The van der Waals surface area contributed by atoms with E-state index in [1.165, 1.54) is 0 Å². The molecular formula is C16H21N3O2. The topological polar surface area (TPSA) is 91.1 Å². The molecular weight excluding hydrogens is 266 g/mol. The number of aromatic nitrogens is 1. The second-order valence-electron chi connectivity index (χ2n) is 5.09. The minimum Gasteiger partial charge on any atom is -0.480 e. The first-order chi connectivity index (χ1) is 10.1. The van der Waals surface area contributed by atoms with Gasteiger partial charge in [0.15, 0.2) is 0 Å². The highest BCUT2D eigenvalue weighted by molar-refractivity contribution is 5.84. The second kappa shape index (κ2) is 6.95. The molecule has 5 nitrogen and oxygen atoms in total. The summed E-state index contributed by atoms with van der Waals surface area (Å²) in [5, 5.41) is 13.4. The lowest BCUT2D eigenvalue weighted by Gasteiger charge is -2.17. The molecule has 112 valence electrons. The average molecular weight is 287 g/mol. The molecule has 1 heterocycles. The Morgan fingerprint density at radius 2 is 2.19 bits per heavy atom. The maximum absolute atomic E-state index is 11.4. The lowest BCUT2D eigenvalue weighted by Crippen LogP contribution is -2.37. The Kier molecular flexibility index (Phi) is 5.00. The number of hydrogen-bond acceptors (Lipinski definition) is 3. The first-order valence-electron chi connectivity index (χ1n) is 7.04. The van der Waals surface area contributed by atoms with Crippen molar-refractivity contribution in [2.45, 2.75) is 25.3 Å². The molecule has 2 rings (SSSR count). The maximum atomic E-state index is 11.4. The number of allylic oxidation sites excluding steroid dienone is 1. The van der Waals surface area contributed by atoms with Crippen LogP contribution < -0.4 is 11.1 Å². The van der Waals surface area contributed by atoms with E-state index in [1.54, 1.807) is 0 Å². The minimum atomic E-state index is -0.880. The fourth-order valence-electron chi connectivity index (χ4n) is 2.35. The quantitative estimate of drug-likeness (QED) is 0.597. The van der Waals surface area contributed by atoms with Crippen LogP contribution in [0.15, 0.2) is 42.7 Å². The number of carbonyl (C=O) groups is 1. The number of nitrogens with one attached hydrogen (secondary N) is 2. The van der Waals surface area contributed by atoms with Gasteiger partial charge in [-0.3, -0.25) is 0 Å². The number of H-pyrrole nitrogens is 1. The molecule has 1 aromatic carbocycles. The summed E-state index contributed by atoms with van der Waals surface area (Å²) in [6.07, 6.45) is 3.76. The van der Waals surface area contributed by atoms with Crippen LogP contribution in [0.4, 0.5) is 0 Å². The smallest absolute Gasteiger partial charge is 0.326 e. The summed E-state index contributed by atoms with van der Waals surface area (Å²) in [4.78, 5) is 14.6. The molecule has 0 aliphatic heterocycles.